The van der Waals surface area contributed by atoms with Crippen LogP contribution in [0.15, 0.2) is 48.7 Å². The molecule has 1 unspecified atom stereocenters. The summed E-state index contributed by atoms with van der Waals surface area (Å²) in [5, 5.41) is 8.46. The lowest BCUT2D eigenvalue weighted by atomic mass is 9.97. The van der Waals surface area contributed by atoms with Crippen LogP contribution in [0.4, 0.5) is 13.2 Å². The third-order valence-electron chi connectivity index (χ3n) is 5.68. The molecule has 7 nitrogen and oxygen atoms in total. The van der Waals surface area contributed by atoms with Crippen molar-refractivity contribution in [2.75, 3.05) is 13.1 Å². The molecule has 1 aromatic carbocycles. The smallest absolute Gasteiger partial charge is 0.340 e. The van der Waals surface area contributed by atoms with Gasteiger partial charge in [-0.1, -0.05) is 18.2 Å². The lowest BCUT2D eigenvalue weighted by Gasteiger charge is -2.32. The summed E-state index contributed by atoms with van der Waals surface area (Å²) in [6, 6.07) is 11.9. The highest BCUT2D eigenvalue weighted by Crippen LogP contribution is 2.32. The van der Waals surface area contributed by atoms with Crippen molar-refractivity contribution >= 4 is 22.6 Å². The standard InChI is InChI=1S/C21H19F3N6O/c22-21(23,24)20-25-15-7-1-2-8-16(15)30(20)13-18(31)28-10-5-6-14(12-28)19-27-26-17-9-3-4-11-29(17)19/h1-4,7-9,11,14H,5-6,10,12-13H2. The fraction of sp³-hybridized carbons (Fsp3) is 0.333. The van der Waals surface area contributed by atoms with Crippen molar-refractivity contribution < 1.29 is 18.0 Å². The largest absolute Gasteiger partial charge is 0.449 e. The van der Waals surface area contributed by atoms with E-state index in [9.17, 15) is 18.0 Å². The number of fused-ring (bicyclic) bond motifs is 2. The van der Waals surface area contributed by atoms with Crippen molar-refractivity contribution in [1.82, 2.24) is 29.0 Å². The van der Waals surface area contributed by atoms with Crippen molar-refractivity contribution in [3.05, 3.63) is 60.3 Å². The number of nitrogens with zero attached hydrogens (tertiary/aromatic N) is 6. The first kappa shape index (κ1) is 19.5. The van der Waals surface area contributed by atoms with Crippen LogP contribution in [0.1, 0.15) is 30.4 Å². The van der Waals surface area contributed by atoms with E-state index in [1.165, 1.54) is 6.07 Å². The van der Waals surface area contributed by atoms with Crippen LogP contribution in [-0.4, -0.2) is 48.0 Å². The maximum Gasteiger partial charge on any atom is 0.449 e. The molecule has 31 heavy (non-hydrogen) atoms. The molecule has 0 N–H and O–H groups in total. The van der Waals surface area contributed by atoms with Gasteiger partial charge in [-0.15, -0.1) is 10.2 Å². The minimum absolute atomic E-state index is 0.0308. The molecule has 1 saturated heterocycles. The van der Waals surface area contributed by atoms with Gasteiger partial charge in [0.2, 0.25) is 11.7 Å². The minimum atomic E-state index is -4.65. The van der Waals surface area contributed by atoms with Gasteiger partial charge in [0, 0.05) is 25.2 Å². The Kier molecular flexibility index (Phi) is 4.64. The van der Waals surface area contributed by atoms with Crippen molar-refractivity contribution in [2.45, 2.75) is 31.5 Å². The van der Waals surface area contributed by atoms with Gasteiger partial charge < -0.3 is 9.47 Å². The van der Waals surface area contributed by atoms with E-state index < -0.39 is 18.5 Å². The molecule has 1 amide bonds. The van der Waals surface area contributed by atoms with E-state index in [1.807, 2.05) is 28.8 Å². The van der Waals surface area contributed by atoms with Gasteiger partial charge in [-0.25, -0.2) is 4.98 Å². The number of benzene rings is 1. The van der Waals surface area contributed by atoms with Gasteiger partial charge in [-0.2, -0.15) is 13.2 Å². The molecule has 4 heterocycles. The minimum Gasteiger partial charge on any atom is -0.340 e. The molecule has 1 aliphatic rings. The lowest BCUT2D eigenvalue weighted by Crippen LogP contribution is -2.41. The van der Waals surface area contributed by atoms with E-state index in [1.54, 1.807) is 23.1 Å². The highest BCUT2D eigenvalue weighted by molar-refractivity contribution is 5.81. The second-order valence-electron chi connectivity index (χ2n) is 7.67. The number of carbonyl (C=O) groups is 1. The molecule has 5 rings (SSSR count). The maximum absolute atomic E-state index is 13.5. The summed E-state index contributed by atoms with van der Waals surface area (Å²) in [6.45, 7) is 0.477. The van der Waals surface area contributed by atoms with Crippen LogP contribution in [0.2, 0.25) is 0 Å². The predicted molar refractivity (Wildman–Crippen MR) is 106 cm³/mol. The zero-order chi connectivity index (χ0) is 21.6. The molecule has 0 spiro atoms. The summed E-state index contributed by atoms with van der Waals surface area (Å²) in [5.41, 5.74) is 1.23. The number of para-hydroxylation sites is 2. The van der Waals surface area contributed by atoms with Gasteiger partial charge in [0.15, 0.2) is 5.65 Å². The van der Waals surface area contributed by atoms with E-state index in [0.29, 0.717) is 18.6 Å². The fourth-order valence-electron chi connectivity index (χ4n) is 4.24. The number of hydrogen-bond donors (Lipinski definition) is 0. The monoisotopic (exact) mass is 428 g/mol. The molecule has 0 radical (unpaired) electrons. The van der Waals surface area contributed by atoms with Crippen molar-refractivity contribution in [3.8, 4) is 0 Å². The van der Waals surface area contributed by atoms with Crippen LogP contribution >= 0.6 is 0 Å². The van der Waals surface area contributed by atoms with E-state index in [0.717, 1.165) is 28.9 Å². The van der Waals surface area contributed by atoms with Gasteiger partial charge in [-0.05, 0) is 37.1 Å². The summed E-state index contributed by atoms with van der Waals surface area (Å²) in [5.74, 6) is -0.694. The second kappa shape index (κ2) is 7.36. The number of halogens is 3. The molecular formula is C21H19F3N6O. The highest BCUT2D eigenvalue weighted by Gasteiger charge is 2.38. The highest BCUT2D eigenvalue weighted by atomic mass is 19.4. The van der Waals surface area contributed by atoms with Gasteiger partial charge >= 0.3 is 6.18 Å². The topological polar surface area (TPSA) is 68.3 Å². The Balaban J connectivity index is 1.41. The number of likely N-dealkylation sites (tertiary alicyclic amines) is 1. The van der Waals surface area contributed by atoms with Gasteiger partial charge in [-0.3, -0.25) is 9.20 Å². The van der Waals surface area contributed by atoms with Gasteiger partial charge in [0.1, 0.15) is 12.4 Å². The van der Waals surface area contributed by atoms with Crippen molar-refractivity contribution in [2.24, 2.45) is 0 Å². The first-order valence-electron chi connectivity index (χ1n) is 10.0. The van der Waals surface area contributed by atoms with Crippen LogP contribution in [-0.2, 0) is 17.5 Å². The average Bonchev–Trinajstić information content (AvgIpc) is 3.36. The Hall–Kier alpha value is -3.43. The molecule has 1 atom stereocenters. The predicted octanol–water partition coefficient (Wildman–Crippen LogP) is 3.50. The number of alkyl halides is 3. The SMILES string of the molecule is O=C(Cn1c(C(F)(F)F)nc2ccccc21)N1CCCC(c2nnc3ccccn23)C1. The Labute approximate surface area is 175 Å². The molecule has 1 aliphatic heterocycles. The molecule has 160 valence electrons. The first-order valence-corrected chi connectivity index (χ1v) is 10.0. The molecule has 3 aromatic heterocycles. The number of aromatic nitrogens is 5. The molecular weight excluding hydrogens is 409 g/mol. The number of rotatable bonds is 3. The Morgan fingerprint density at radius 2 is 1.90 bits per heavy atom. The third-order valence-corrected chi connectivity index (χ3v) is 5.68. The number of imidazole rings is 1. The lowest BCUT2D eigenvalue weighted by molar-refractivity contribution is -0.148. The van der Waals surface area contributed by atoms with Gasteiger partial charge in [0.25, 0.3) is 0 Å². The maximum atomic E-state index is 13.5. The van der Waals surface area contributed by atoms with E-state index in [2.05, 4.69) is 15.2 Å². The Morgan fingerprint density at radius 1 is 1.10 bits per heavy atom. The van der Waals surface area contributed by atoms with Crippen molar-refractivity contribution in [3.63, 3.8) is 0 Å². The molecule has 0 bridgehead atoms. The molecule has 0 saturated carbocycles. The number of hydrogen-bond acceptors (Lipinski definition) is 4. The Morgan fingerprint density at radius 3 is 2.74 bits per heavy atom. The van der Waals surface area contributed by atoms with Crippen LogP contribution in [0.3, 0.4) is 0 Å². The average molecular weight is 428 g/mol. The van der Waals surface area contributed by atoms with E-state index >= 15 is 0 Å². The van der Waals surface area contributed by atoms with Crippen LogP contribution in [0.25, 0.3) is 16.7 Å². The molecule has 1 fully saturated rings. The van der Waals surface area contributed by atoms with Gasteiger partial charge in [0.05, 0.1) is 11.0 Å². The van der Waals surface area contributed by atoms with Crippen LogP contribution in [0, 0.1) is 0 Å². The van der Waals surface area contributed by atoms with Crippen LogP contribution in [0.5, 0.6) is 0 Å². The molecule has 0 aliphatic carbocycles. The second-order valence-corrected chi connectivity index (χ2v) is 7.67. The summed E-state index contributed by atoms with van der Waals surface area (Å²) >= 11 is 0. The summed E-state index contributed by atoms with van der Waals surface area (Å²) < 4.78 is 43.5. The Bertz CT molecular complexity index is 1260. The van der Waals surface area contributed by atoms with E-state index in [4.69, 9.17) is 0 Å². The molecule has 4 aromatic rings. The summed E-state index contributed by atoms with van der Waals surface area (Å²) in [6.07, 6.45) is -1.20. The van der Waals surface area contributed by atoms with E-state index in [-0.39, 0.29) is 17.3 Å². The number of pyridine rings is 1. The number of amides is 1. The van der Waals surface area contributed by atoms with Crippen molar-refractivity contribution in [1.29, 1.82) is 0 Å². The quantitative estimate of drug-likeness (QED) is 0.501. The number of piperidine rings is 1. The molecule has 10 heteroatoms. The first-order chi connectivity index (χ1) is 14.9. The normalized spacial score (nSPS) is 17.5. The van der Waals surface area contributed by atoms with Crippen LogP contribution < -0.4 is 0 Å². The zero-order valence-corrected chi connectivity index (χ0v) is 16.5. The third kappa shape index (κ3) is 3.51. The zero-order valence-electron chi connectivity index (χ0n) is 16.5. The summed E-state index contributed by atoms with van der Waals surface area (Å²) in [7, 11) is 0. The number of carbonyl (C=O) groups excluding carboxylic acids is 1. The fourth-order valence-corrected chi connectivity index (χ4v) is 4.24. The summed E-state index contributed by atoms with van der Waals surface area (Å²) in [4.78, 5) is 18.4.